The van der Waals surface area contributed by atoms with Crippen molar-refractivity contribution in [3.05, 3.63) is 29.5 Å². The van der Waals surface area contributed by atoms with Gasteiger partial charge in [0.25, 0.3) is 0 Å². The molecule has 0 aliphatic rings. The quantitative estimate of drug-likeness (QED) is 0.730. The molecule has 7 heteroatoms. The van der Waals surface area contributed by atoms with Crippen molar-refractivity contribution in [2.24, 2.45) is 0 Å². The third-order valence-corrected chi connectivity index (χ3v) is 3.67. The summed E-state index contributed by atoms with van der Waals surface area (Å²) in [5, 5.41) is 13.8. The number of carbonyl (C=O) groups excluding carboxylic acids is 1. The van der Waals surface area contributed by atoms with E-state index in [2.05, 4.69) is 10.3 Å². The van der Waals surface area contributed by atoms with Crippen molar-refractivity contribution in [2.45, 2.75) is 25.7 Å². The lowest BCUT2D eigenvalue weighted by molar-refractivity contribution is -0.137. The molecule has 0 aromatic carbocycles. The standard InChI is InChI=1S/C14H16N2O4S/c17-12(15-6-2-1-5-13(18)19)8-10-9-21-14(16-10)11-4-3-7-20-11/h3-4,7,9H,1-2,5-6,8H2,(H,15,17)(H,18,19). The number of rotatable bonds is 8. The highest BCUT2D eigenvalue weighted by atomic mass is 32.1. The molecule has 2 aromatic heterocycles. The van der Waals surface area contributed by atoms with Gasteiger partial charge in [-0.1, -0.05) is 0 Å². The topological polar surface area (TPSA) is 92.4 Å². The van der Waals surface area contributed by atoms with E-state index in [1.807, 2.05) is 11.4 Å². The zero-order valence-corrected chi connectivity index (χ0v) is 12.2. The number of amides is 1. The molecule has 0 saturated carbocycles. The minimum absolute atomic E-state index is 0.110. The van der Waals surface area contributed by atoms with Crippen LogP contribution < -0.4 is 5.32 Å². The van der Waals surface area contributed by atoms with Gasteiger partial charge in [-0.15, -0.1) is 11.3 Å². The van der Waals surface area contributed by atoms with Crippen LogP contribution in [0.1, 0.15) is 25.0 Å². The molecule has 0 spiro atoms. The fraction of sp³-hybridized carbons (Fsp3) is 0.357. The molecule has 2 heterocycles. The van der Waals surface area contributed by atoms with Gasteiger partial charge >= 0.3 is 5.97 Å². The second kappa shape index (κ2) is 7.58. The Morgan fingerprint density at radius 3 is 2.95 bits per heavy atom. The molecule has 0 aliphatic carbocycles. The minimum atomic E-state index is -0.811. The van der Waals surface area contributed by atoms with Gasteiger partial charge in [0, 0.05) is 18.3 Å². The fourth-order valence-electron chi connectivity index (χ4n) is 1.76. The smallest absolute Gasteiger partial charge is 0.303 e. The molecule has 0 radical (unpaired) electrons. The lowest BCUT2D eigenvalue weighted by Crippen LogP contribution is -2.26. The summed E-state index contributed by atoms with van der Waals surface area (Å²) in [5.41, 5.74) is 0.703. The molecule has 2 aromatic rings. The van der Waals surface area contributed by atoms with E-state index in [1.165, 1.54) is 11.3 Å². The second-order valence-electron chi connectivity index (χ2n) is 4.50. The lowest BCUT2D eigenvalue weighted by atomic mass is 10.2. The molecular formula is C14H16N2O4S. The van der Waals surface area contributed by atoms with Gasteiger partial charge in [0.15, 0.2) is 10.8 Å². The first-order chi connectivity index (χ1) is 10.1. The van der Waals surface area contributed by atoms with Crippen LogP contribution >= 0.6 is 11.3 Å². The van der Waals surface area contributed by atoms with E-state index in [1.54, 1.807) is 12.3 Å². The van der Waals surface area contributed by atoms with Crippen molar-refractivity contribution in [3.8, 4) is 10.8 Å². The first kappa shape index (κ1) is 15.2. The summed E-state index contributed by atoms with van der Waals surface area (Å²) in [5.74, 6) is -0.226. The molecule has 0 fully saturated rings. The highest BCUT2D eigenvalue weighted by Crippen LogP contribution is 2.23. The Morgan fingerprint density at radius 2 is 2.24 bits per heavy atom. The van der Waals surface area contributed by atoms with E-state index in [0.717, 1.165) is 5.01 Å². The summed E-state index contributed by atoms with van der Waals surface area (Å²) in [6.45, 7) is 0.487. The number of furan rings is 1. The van der Waals surface area contributed by atoms with Gasteiger partial charge in [-0.3, -0.25) is 9.59 Å². The van der Waals surface area contributed by atoms with Crippen LogP contribution in [-0.2, 0) is 16.0 Å². The molecule has 6 nitrogen and oxygen atoms in total. The van der Waals surface area contributed by atoms with Crippen LogP contribution in [0.25, 0.3) is 10.8 Å². The number of hydrogen-bond donors (Lipinski definition) is 2. The summed E-state index contributed by atoms with van der Waals surface area (Å²) < 4.78 is 5.25. The lowest BCUT2D eigenvalue weighted by Gasteiger charge is -2.02. The van der Waals surface area contributed by atoms with E-state index in [0.29, 0.717) is 30.8 Å². The number of aromatic nitrogens is 1. The molecule has 0 atom stereocenters. The SMILES string of the molecule is O=C(O)CCCCNC(=O)Cc1csc(-c2ccco2)n1. The van der Waals surface area contributed by atoms with Crippen molar-refractivity contribution >= 4 is 23.2 Å². The summed E-state index contributed by atoms with van der Waals surface area (Å²) in [4.78, 5) is 26.4. The molecule has 2 rings (SSSR count). The van der Waals surface area contributed by atoms with Crippen molar-refractivity contribution < 1.29 is 19.1 Å². The molecule has 0 bridgehead atoms. The molecule has 112 valence electrons. The largest absolute Gasteiger partial charge is 0.481 e. The van der Waals surface area contributed by atoms with Crippen molar-refractivity contribution in [2.75, 3.05) is 6.54 Å². The molecule has 2 N–H and O–H groups in total. The van der Waals surface area contributed by atoms with Gasteiger partial charge in [0.05, 0.1) is 18.4 Å². The fourth-order valence-corrected chi connectivity index (χ4v) is 2.54. The summed E-state index contributed by atoms with van der Waals surface area (Å²) in [7, 11) is 0. The Labute approximate surface area is 125 Å². The summed E-state index contributed by atoms with van der Waals surface area (Å²) in [6.07, 6.45) is 3.16. The maximum Gasteiger partial charge on any atom is 0.303 e. The number of hydrogen-bond acceptors (Lipinski definition) is 5. The zero-order valence-electron chi connectivity index (χ0n) is 11.4. The Morgan fingerprint density at radius 1 is 1.38 bits per heavy atom. The maximum absolute atomic E-state index is 11.7. The van der Waals surface area contributed by atoms with E-state index in [9.17, 15) is 9.59 Å². The Kier molecular flexibility index (Phi) is 5.51. The van der Waals surface area contributed by atoms with Crippen molar-refractivity contribution in [1.29, 1.82) is 0 Å². The summed E-state index contributed by atoms with van der Waals surface area (Å²) >= 11 is 1.43. The van der Waals surface area contributed by atoms with Crippen molar-refractivity contribution in [3.63, 3.8) is 0 Å². The van der Waals surface area contributed by atoms with Gasteiger partial charge in [-0.25, -0.2) is 4.98 Å². The predicted octanol–water partition coefficient (Wildman–Crippen LogP) is 2.32. The van der Waals surface area contributed by atoms with Crippen LogP contribution in [0.2, 0.25) is 0 Å². The number of carbonyl (C=O) groups is 2. The van der Waals surface area contributed by atoms with Crippen LogP contribution in [0.4, 0.5) is 0 Å². The number of nitrogens with zero attached hydrogens (tertiary/aromatic N) is 1. The monoisotopic (exact) mass is 308 g/mol. The number of aliphatic carboxylic acids is 1. The average Bonchev–Trinajstić information content (AvgIpc) is 3.08. The Hall–Kier alpha value is -2.15. The molecule has 0 saturated heterocycles. The van der Waals surface area contributed by atoms with Crippen LogP contribution in [0, 0.1) is 0 Å². The predicted molar refractivity (Wildman–Crippen MR) is 78.0 cm³/mol. The maximum atomic E-state index is 11.7. The van der Waals surface area contributed by atoms with Gasteiger partial charge in [-0.05, 0) is 25.0 Å². The summed E-state index contributed by atoms with van der Waals surface area (Å²) in [6, 6.07) is 3.62. The first-order valence-electron chi connectivity index (χ1n) is 6.62. The van der Waals surface area contributed by atoms with Crippen LogP contribution in [0.5, 0.6) is 0 Å². The van der Waals surface area contributed by atoms with E-state index in [4.69, 9.17) is 9.52 Å². The number of carboxylic acids is 1. The molecule has 21 heavy (non-hydrogen) atoms. The second-order valence-corrected chi connectivity index (χ2v) is 5.36. The molecule has 1 amide bonds. The number of nitrogens with one attached hydrogen (secondary N) is 1. The van der Waals surface area contributed by atoms with Crippen LogP contribution in [-0.4, -0.2) is 28.5 Å². The van der Waals surface area contributed by atoms with E-state index < -0.39 is 5.97 Å². The van der Waals surface area contributed by atoms with E-state index in [-0.39, 0.29) is 18.7 Å². The van der Waals surface area contributed by atoms with Crippen LogP contribution in [0.3, 0.4) is 0 Å². The van der Waals surface area contributed by atoms with Gasteiger partial charge < -0.3 is 14.8 Å². The third kappa shape index (κ3) is 5.03. The average molecular weight is 308 g/mol. The van der Waals surface area contributed by atoms with Gasteiger partial charge in [-0.2, -0.15) is 0 Å². The highest BCUT2D eigenvalue weighted by molar-refractivity contribution is 7.13. The number of carboxylic acid groups (broad SMARTS) is 1. The Balaban J connectivity index is 1.72. The normalized spacial score (nSPS) is 10.5. The van der Waals surface area contributed by atoms with E-state index >= 15 is 0 Å². The first-order valence-corrected chi connectivity index (χ1v) is 7.50. The van der Waals surface area contributed by atoms with Gasteiger partial charge in [0.1, 0.15) is 0 Å². The zero-order chi connectivity index (χ0) is 15.1. The Bertz CT molecular complexity index is 592. The third-order valence-electron chi connectivity index (χ3n) is 2.76. The number of unbranched alkanes of at least 4 members (excludes halogenated alkanes) is 1. The van der Waals surface area contributed by atoms with Crippen molar-refractivity contribution in [1.82, 2.24) is 10.3 Å². The molecule has 0 aliphatic heterocycles. The molecule has 0 unspecified atom stereocenters. The number of thiazole rings is 1. The van der Waals surface area contributed by atoms with Crippen LogP contribution in [0.15, 0.2) is 28.2 Å². The highest BCUT2D eigenvalue weighted by Gasteiger charge is 2.10. The molecular weight excluding hydrogens is 292 g/mol. The minimum Gasteiger partial charge on any atom is -0.481 e. The van der Waals surface area contributed by atoms with Gasteiger partial charge in [0.2, 0.25) is 5.91 Å².